The summed E-state index contributed by atoms with van der Waals surface area (Å²) < 4.78 is 47.6. The molecule has 2 aromatic rings. The van der Waals surface area contributed by atoms with Crippen molar-refractivity contribution in [1.82, 2.24) is 0 Å². The summed E-state index contributed by atoms with van der Waals surface area (Å²) in [6.45, 7) is 6.39. The Morgan fingerprint density at radius 3 is 2.14 bits per heavy atom. The molecule has 9 heteroatoms. The summed E-state index contributed by atoms with van der Waals surface area (Å²) in [6.07, 6.45) is 0. The highest BCUT2D eigenvalue weighted by Crippen LogP contribution is 2.39. The zero-order valence-electron chi connectivity index (χ0n) is 15.7. The minimum atomic E-state index is -4.20. The van der Waals surface area contributed by atoms with E-state index in [2.05, 4.69) is 15.9 Å². The third kappa shape index (κ3) is 5.09. The number of halogens is 1. The lowest BCUT2D eigenvalue weighted by molar-refractivity contribution is 0.287. The number of nitriles is 1. The summed E-state index contributed by atoms with van der Waals surface area (Å²) in [5.41, 5.74) is 0.305. The summed E-state index contributed by atoms with van der Waals surface area (Å²) in [5.74, 6) is 0.858. The van der Waals surface area contributed by atoms with Crippen LogP contribution in [0.25, 0.3) is 0 Å². The normalized spacial score (nSPS) is 10.8. The van der Waals surface area contributed by atoms with Crippen molar-refractivity contribution in [1.29, 1.82) is 5.26 Å². The maximum Gasteiger partial charge on any atom is 0.339 e. The fourth-order valence-corrected chi connectivity index (χ4v) is 3.92. The lowest BCUT2D eigenvalue weighted by Crippen LogP contribution is -2.12. The van der Waals surface area contributed by atoms with Crippen LogP contribution in [-0.4, -0.2) is 28.2 Å². The van der Waals surface area contributed by atoms with Crippen molar-refractivity contribution >= 4 is 26.0 Å². The fourth-order valence-electron chi connectivity index (χ4n) is 2.32. The van der Waals surface area contributed by atoms with E-state index >= 15 is 0 Å². The van der Waals surface area contributed by atoms with Gasteiger partial charge in [-0.2, -0.15) is 13.7 Å². The van der Waals surface area contributed by atoms with E-state index in [0.717, 1.165) is 0 Å². The number of nitrogens with zero attached hydrogens (tertiary/aromatic N) is 1. The molecule has 0 fully saturated rings. The second-order valence-electron chi connectivity index (χ2n) is 5.34. The van der Waals surface area contributed by atoms with E-state index in [4.69, 9.17) is 23.7 Å². The van der Waals surface area contributed by atoms with Crippen molar-refractivity contribution < 1.29 is 26.8 Å². The third-order valence-electron chi connectivity index (χ3n) is 3.44. The second-order valence-corrected chi connectivity index (χ2v) is 7.74. The maximum absolute atomic E-state index is 12.8. The van der Waals surface area contributed by atoms with Gasteiger partial charge in [0.2, 0.25) is 0 Å². The highest BCUT2D eigenvalue weighted by molar-refractivity contribution is 9.10. The molecule has 0 heterocycles. The Morgan fingerprint density at radius 2 is 1.54 bits per heavy atom. The molecule has 0 radical (unpaired) electrons. The van der Waals surface area contributed by atoms with Gasteiger partial charge in [-0.15, -0.1) is 0 Å². The van der Waals surface area contributed by atoms with E-state index in [0.29, 0.717) is 30.3 Å². The quantitative estimate of drug-likeness (QED) is 0.505. The molecule has 150 valence electrons. The van der Waals surface area contributed by atoms with Crippen molar-refractivity contribution in [2.45, 2.75) is 25.7 Å². The molecule has 0 atom stereocenters. The summed E-state index contributed by atoms with van der Waals surface area (Å²) in [7, 11) is -4.20. The van der Waals surface area contributed by atoms with Crippen LogP contribution in [0, 0.1) is 11.3 Å². The van der Waals surface area contributed by atoms with Crippen LogP contribution in [0.1, 0.15) is 26.3 Å². The zero-order chi connectivity index (χ0) is 20.7. The Bertz CT molecular complexity index is 985. The predicted octanol–water partition coefficient (Wildman–Crippen LogP) is 4.28. The van der Waals surface area contributed by atoms with Gasteiger partial charge in [0.1, 0.15) is 4.90 Å². The van der Waals surface area contributed by atoms with Gasteiger partial charge in [-0.05, 0) is 54.9 Å². The lowest BCUT2D eigenvalue weighted by Gasteiger charge is -2.15. The van der Waals surface area contributed by atoms with Crippen LogP contribution in [0.2, 0.25) is 0 Å². The fraction of sp³-hybridized carbons (Fsp3) is 0.316. The van der Waals surface area contributed by atoms with E-state index in [1.807, 2.05) is 13.0 Å². The van der Waals surface area contributed by atoms with E-state index in [1.165, 1.54) is 30.3 Å². The van der Waals surface area contributed by atoms with E-state index in [9.17, 15) is 8.42 Å². The highest BCUT2D eigenvalue weighted by Gasteiger charge is 2.24. The third-order valence-corrected chi connectivity index (χ3v) is 5.24. The van der Waals surface area contributed by atoms with Gasteiger partial charge in [0.05, 0.1) is 35.9 Å². The Labute approximate surface area is 173 Å². The SMILES string of the molecule is CCOc1ccc(S(=O)(=O)Oc2c(Br)cc(C#N)cc2OCC)cc1OCC. The van der Waals surface area contributed by atoms with Crippen LogP contribution < -0.4 is 18.4 Å². The molecule has 0 aromatic heterocycles. The minimum absolute atomic E-state index is 0.0345. The van der Waals surface area contributed by atoms with Gasteiger partial charge in [0, 0.05) is 12.1 Å². The molecule has 0 N–H and O–H groups in total. The molecular formula is C19H20BrNO6S. The molecule has 7 nitrogen and oxygen atoms in total. The molecule has 0 aliphatic heterocycles. The molecule has 0 aliphatic carbocycles. The number of ether oxygens (including phenoxy) is 3. The van der Waals surface area contributed by atoms with Crippen LogP contribution in [-0.2, 0) is 10.1 Å². The van der Waals surface area contributed by atoms with Crippen LogP contribution in [0.15, 0.2) is 39.7 Å². The van der Waals surface area contributed by atoms with Gasteiger partial charge in [-0.25, -0.2) is 0 Å². The molecule has 0 saturated carbocycles. The molecule has 28 heavy (non-hydrogen) atoms. The largest absolute Gasteiger partial charge is 0.490 e. The summed E-state index contributed by atoms with van der Waals surface area (Å²) >= 11 is 3.24. The van der Waals surface area contributed by atoms with E-state index in [-0.39, 0.29) is 27.5 Å². The van der Waals surface area contributed by atoms with Crippen molar-refractivity contribution in [3.63, 3.8) is 0 Å². The molecule has 0 unspecified atom stereocenters. The highest BCUT2D eigenvalue weighted by atomic mass is 79.9. The first-order chi connectivity index (χ1) is 13.4. The van der Waals surface area contributed by atoms with E-state index in [1.54, 1.807) is 13.8 Å². The number of rotatable bonds is 9. The van der Waals surface area contributed by atoms with Crippen molar-refractivity contribution in [2.75, 3.05) is 19.8 Å². The number of hydrogen-bond donors (Lipinski definition) is 0. The molecule has 0 aliphatic rings. The van der Waals surface area contributed by atoms with Gasteiger partial charge in [-0.3, -0.25) is 0 Å². The average molecular weight is 470 g/mol. The average Bonchev–Trinajstić information content (AvgIpc) is 2.66. The first kappa shape index (κ1) is 21.9. The van der Waals surface area contributed by atoms with Crippen LogP contribution in [0.5, 0.6) is 23.0 Å². The van der Waals surface area contributed by atoms with Crippen molar-refractivity contribution in [3.8, 4) is 29.1 Å². The number of benzene rings is 2. The summed E-state index contributed by atoms with van der Waals surface area (Å²) in [4.78, 5) is -0.0990. The van der Waals surface area contributed by atoms with Gasteiger partial charge in [0.15, 0.2) is 23.0 Å². The van der Waals surface area contributed by atoms with Crippen molar-refractivity contribution in [3.05, 3.63) is 40.4 Å². The molecule has 0 spiro atoms. The van der Waals surface area contributed by atoms with Gasteiger partial charge < -0.3 is 18.4 Å². The predicted molar refractivity (Wildman–Crippen MR) is 107 cm³/mol. The molecule has 0 bridgehead atoms. The Kier molecular flexibility index (Phi) is 7.54. The van der Waals surface area contributed by atoms with Gasteiger partial charge in [0.25, 0.3) is 0 Å². The van der Waals surface area contributed by atoms with Gasteiger partial charge >= 0.3 is 10.1 Å². The van der Waals surface area contributed by atoms with Crippen LogP contribution >= 0.6 is 15.9 Å². The zero-order valence-corrected chi connectivity index (χ0v) is 18.1. The van der Waals surface area contributed by atoms with Crippen LogP contribution in [0.3, 0.4) is 0 Å². The molecular weight excluding hydrogens is 450 g/mol. The van der Waals surface area contributed by atoms with Gasteiger partial charge in [-0.1, -0.05) is 0 Å². The Hall–Kier alpha value is -2.44. The summed E-state index contributed by atoms with van der Waals surface area (Å²) in [6, 6.07) is 9.10. The minimum Gasteiger partial charge on any atom is -0.490 e. The molecule has 2 rings (SSSR count). The smallest absolute Gasteiger partial charge is 0.339 e. The van der Waals surface area contributed by atoms with Crippen molar-refractivity contribution in [2.24, 2.45) is 0 Å². The first-order valence-electron chi connectivity index (χ1n) is 8.56. The van der Waals surface area contributed by atoms with Crippen LogP contribution in [0.4, 0.5) is 0 Å². The maximum atomic E-state index is 12.8. The lowest BCUT2D eigenvalue weighted by atomic mass is 10.2. The molecule has 2 aromatic carbocycles. The monoisotopic (exact) mass is 469 g/mol. The Balaban J connectivity index is 2.46. The first-order valence-corrected chi connectivity index (χ1v) is 10.8. The topological polar surface area (TPSA) is 94.9 Å². The Morgan fingerprint density at radius 1 is 0.929 bits per heavy atom. The second kappa shape index (κ2) is 9.66. The summed E-state index contributed by atoms with van der Waals surface area (Å²) in [5, 5.41) is 9.10. The number of hydrogen-bond acceptors (Lipinski definition) is 7. The van der Waals surface area contributed by atoms with E-state index < -0.39 is 10.1 Å². The standard InChI is InChI=1S/C19H20BrNO6S/c1-4-24-16-8-7-14(11-17(16)25-5-2)28(22,23)27-19-15(20)9-13(12-21)10-18(19)26-6-3/h7-11H,4-6H2,1-3H3. The molecule has 0 amide bonds. The molecule has 0 saturated heterocycles.